The number of rotatable bonds is 4. The Morgan fingerprint density at radius 2 is 2.29 bits per heavy atom. The highest BCUT2D eigenvalue weighted by Crippen LogP contribution is 2.12. The van der Waals surface area contributed by atoms with Crippen LogP contribution in [0.15, 0.2) is 16.5 Å². The lowest BCUT2D eigenvalue weighted by molar-refractivity contribution is -0.127. The number of nitrogens with one attached hydrogen (secondary N) is 1. The third-order valence-electron chi connectivity index (χ3n) is 1.70. The van der Waals surface area contributed by atoms with Crippen molar-refractivity contribution < 1.29 is 9.21 Å². The smallest absolute Gasteiger partial charge is 0.236 e. The molecule has 1 aromatic heterocycles. The molecule has 0 radical (unpaired) electrons. The second-order valence-corrected chi connectivity index (χ2v) is 3.47. The molecule has 0 aliphatic heterocycles. The molecule has 78 valence electrons. The van der Waals surface area contributed by atoms with Crippen molar-refractivity contribution >= 4 is 17.5 Å². The second-order valence-electron chi connectivity index (χ2n) is 3.10. The molecule has 0 bridgehead atoms. The average Bonchev–Trinajstić information content (AvgIpc) is 2.51. The largest absolute Gasteiger partial charge is 0.448 e. The SMILES string of the molecule is CN(C)C(=O)CNCc1ccc(Cl)o1. The molecule has 14 heavy (non-hydrogen) atoms. The summed E-state index contributed by atoms with van der Waals surface area (Å²) in [5.74, 6) is 0.754. The molecule has 0 unspecified atom stereocenters. The highest BCUT2D eigenvalue weighted by atomic mass is 35.5. The van der Waals surface area contributed by atoms with Gasteiger partial charge >= 0.3 is 0 Å². The molecule has 0 saturated heterocycles. The van der Waals surface area contributed by atoms with Gasteiger partial charge in [-0.1, -0.05) is 0 Å². The molecule has 1 rings (SSSR count). The Morgan fingerprint density at radius 3 is 2.79 bits per heavy atom. The van der Waals surface area contributed by atoms with Gasteiger partial charge in [0.25, 0.3) is 0 Å². The third kappa shape index (κ3) is 3.40. The highest BCUT2D eigenvalue weighted by molar-refractivity contribution is 6.28. The van der Waals surface area contributed by atoms with Gasteiger partial charge in [-0.15, -0.1) is 0 Å². The molecule has 1 aromatic rings. The molecule has 0 aliphatic carbocycles. The van der Waals surface area contributed by atoms with E-state index in [1.165, 1.54) is 4.90 Å². The Bertz CT molecular complexity index is 310. The second kappa shape index (κ2) is 5.02. The van der Waals surface area contributed by atoms with Crippen LogP contribution in [0.1, 0.15) is 5.76 Å². The Balaban J connectivity index is 2.25. The molecular formula is C9H13ClN2O2. The Morgan fingerprint density at radius 1 is 1.57 bits per heavy atom. The monoisotopic (exact) mass is 216 g/mol. The number of halogens is 1. The van der Waals surface area contributed by atoms with Gasteiger partial charge in [-0.25, -0.2) is 0 Å². The number of furan rings is 1. The number of nitrogens with zero attached hydrogens (tertiary/aromatic N) is 1. The number of carbonyl (C=O) groups is 1. The fourth-order valence-corrected chi connectivity index (χ4v) is 1.06. The van der Waals surface area contributed by atoms with Crippen LogP contribution < -0.4 is 5.32 Å². The zero-order valence-corrected chi connectivity index (χ0v) is 8.97. The van der Waals surface area contributed by atoms with Gasteiger partial charge in [0.15, 0.2) is 5.22 Å². The summed E-state index contributed by atoms with van der Waals surface area (Å²) in [7, 11) is 3.43. The molecule has 0 atom stereocenters. The molecule has 0 aromatic carbocycles. The van der Waals surface area contributed by atoms with E-state index in [1.807, 2.05) is 0 Å². The van der Waals surface area contributed by atoms with E-state index in [9.17, 15) is 4.79 Å². The standard InChI is InChI=1S/C9H13ClN2O2/c1-12(2)9(13)6-11-5-7-3-4-8(10)14-7/h3-4,11H,5-6H2,1-2H3. The average molecular weight is 217 g/mol. The Kier molecular flexibility index (Phi) is 3.98. The van der Waals surface area contributed by atoms with Crippen molar-refractivity contribution in [1.82, 2.24) is 10.2 Å². The third-order valence-corrected chi connectivity index (χ3v) is 1.91. The zero-order valence-electron chi connectivity index (χ0n) is 8.21. The van der Waals surface area contributed by atoms with E-state index in [0.29, 0.717) is 18.3 Å². The fraction of sp³-hybridized carbons (Fsp3) is 0.444. The van der Waals surface area contributed by atoms with Crippen molar-refractivity contribution in [3.05, 3.63) is 23.1 Å². The maximum atomic E-state index is 11.1. The van der Waals surface area contributed by atoms with E-state index in [2.05, 4.69) is 5.32 Å². The first kappa shape index (κ1) is 11.1. The van der Waals surface area contributed by atoms with Gasteiger partial charge in [-0.2, -0.15) is 0 Å². The number of hydrogen-bond acceptors (Lipinski definition) is 3. The lowest BCUT2D eigenvalue weighted by atomic mass is 10.4. The molecule has 5 heteroatoms. The summed E-state index contributed by atoms with van der Waals surface area (Å²) in [5.41, 5.74) is 0. The van der Waals surface area contributed by atoms with Crippen LogP contribution in [0, 0.1) is 0 Å². The van der Waals surface area contributed by atoms with E-state index in [-0.39, 0.29) is 5.91 Å². The van der Waals surface area contributed by atoms with Gasteiger partial charge < -0.3 is 14.6 Å². The highest BCUT2D eigenvalue weighted by Gasteiger charge is 2.04. The van der Waals surface area contributed by atoms with Gasteiger partial charge in [-0.05, 0) is 23.7 Å². The number of hydrogen-bond donors (Lipinski definition) is 1. The van der Waals surface area contributed by atoms with Crippen molar-refractivity contribution in [3.63, 3.8) is 0 Å². The van der Waals surface area contributed by atoms with Crippen molar-refractivity contribution in [1.29, 1.82) is 0 Å². The summed E-state index contributed by atoms with van der Waals surface area (Å²) in [6, 6.07) is 3.45. The molecule has 1 heterocycles. The van der Waals surface area contributed by atoms with Gasteiger partial charge in [0, 0.05) is 14.1 Å². The quantitative estimate of drug-likeness (QED) is 0.820. The summed E-state index contributed by atoms with van der Waals surface area (Å²) in [4.78, 5) is 12.7. The zero-order chi connectivity index (χ0) is 10.6. The Hall–Kier alpha value is -1.00. The molecule has 1 amide bonds. The van der Waals surface area contributed by atoms with E-state index in [1.54, 1.807) is 26.2 Å². The number of amides is 1. The van der Waals surface area contributed by atoms with Crippen molar-refractivity contribution in [2.45, 2.75) is 6.54 Å². The minimum absolute atomic E-state index is 0.0302. The fourth-order valence-electron chi connectivity index (χ4n) is 0.897. The first-order valence-corrected chi connectivity index (χ1v) is 4.62. The predicted octanol–water partition coefficient (Wildman–Crippen LogP) is 1.11. The number of likely N-dealkylation sites (N-methyl/N-ethyl adjacent to an activating group) is 1. The Labute approximate surface area is 87.8 Å². The van der Waals surface area contributed by atoms with Crippen LogP contribution in [-0.2, 0) is 11.3 Å². The van der Waals surface area contributed by atoms with Crippen LogP contribution >= 0.6 is 11.6 Å². The maximum Gasteiger partial charge on any atom is 0.236 e. The van der Waals surface area contributed by atoms with Crippen LogP contribution in [0.3, 0.4) is 0 Å². The van der Waals surface area contributed by atoms with E-state index in [0.717, 1.165) is 5.76 Å². The maximum absolute atomic E-state index is 11.1. The first-order valence-electron chi connectivity index (χ1n) is 4.24. The molecule has 1 N–H and O–H groups in total. The van der Waals surface area contributed by atoms with Crippen LogP contribution in [0.4, 0.5) is 0 Å². The summed E-state index contributed by atoms with van der Waals surface area (Å²) >= 11 is 5.58. The number of carbonyl (C=O) groups excluding carboxylic acids is 1. The molecular weight excluding hydrogens is 204 g/mol. The topological polar surface area (TPSA) is 45.5 Å². The van der Waals surface area contributed by atoms with Crippen LogP contribution in [-0.4, -0.2) is 31.4 Å². The summed E-state index contributed by atoms with van der Waals surface area (Å²) in [5, 5.41) is 3.31. The minimum Gasteiger partial charge on any atom is -0.448 e. The van der Waals surface area contributed by atoms with E-state index < -0.39 is 0 Å². The van der Waals surface area contributed by atoms with Gasteiger partial charge in [0.05, 0.1) is 13.1 Å². The molecule has 0 spiro atoms. The first-order chi connectivity index (χ1) is 6.59. The molecule has 0 saturated carbocycles. The molecule has 4 nitrogen and oxygen atoms in total. The minimum atomic E-state index is 0.0302. The normalized spacial score (nSPS) is 10.2. The van der Waals surface area contributed by atoms with Crippen molar-refractivity contribution in [2.75, 3.05) is 20.6 Å². The lowest BCUT2D eigenvalue weighted by Gasteiger charge is -2.09. The molecule has 0 aliphatic rings. The summed E-state index contributed by atoms with van der Waals surface area (Å²) in [6.45, 7) is 0.803. The van der Waals surface area contributed by atoms with Crippen LogP contribution in [0.25, 0.3) is 0 Å². The lowest BCUT2D eigenvalue weighted by Crippen LogP contribution is -2.32. The van der Waals surface area contributed by atoms with E-state index >= 15 is 0 Å². The van der Waals surface area contributed by atoms with Crippen LogP contribution in [0.5, 0.6) is 0 Å². The van der Waals surface area contributed by atoms with Crippen molar-refractivity contribution in [3.8, 4) is 0 Å². The molecule has 0 fully saturated rings. The van der Waals surface area contributed by atoms with Gasteiger partial charge in [-0.3, -0.25) is 4.79 Å². The van der Waals surface area contributed by atoms with E-state index in [4.69, 9.17) is 16.0 Å². The summed E-state index contributed by atoms with van der Waals surface area (Å²) < 4.78 is 5.10. The van der Waals surface area contributed by atoms with Crippen molar-refractivity contribution in [2.24, 2.45) is 0 Å². The summed E-state index contributed by atoms with van der Waals surface area (Å²) in [6.07, 6.45) is 0. The van der Waals surface area contributed by atoms with Gasteiger partial charge in [0.2, 0.25) is 5.91 Å². The van der Waals surface area contributed by atoms with Gasteiger partial charge in [0.1, 0.15) is 5.76 Å². The predicted molar refractivity (Wildman–Crippen MR) is 54.1 cm³/mol. The van der Waals surface area contributed by atoms with Crippen LogP contribution in [0.2, 0.25) is 5.22 Å².